The number of rotatable bonds is 13. The molecule has 0 aliphatic carbocycles. The zero-order chi connectivity index (χ0) is 22.0. The van der Waals surface area contributed by atoms with Crippen LogP contribution in [0.1, 0.15) is 39.0 Å². The normalized spacial score (nSPS) is 13.2. The van der Waals surface area contributed by atoms with E-state index in [1.54, 1.807) is 6.08 Å². The number of hydrogen-bond acceptors (Lipinski definition) is 4. The van der Waals surface area contributed by atoms with E-state index in [1.165, 1.54) is 0 Å². The van der Waals surface area contributed by atoms with Crippen molar-refractivity contribution in [2.45, 2.75) is 63.2 Å². The minimum Gasteiger partial charge on any atom is -0.465 e. The molecular weight excluding hydrogens is 408 g/mol. The molecule has 0 aliphatic rings. The molecule has 0 fully saturated rings. The highest BCUT2D eigenvalue weighted by molar-refractivity contribution is 5.72. The molecule has 0 radical (unpaired) electrons. The van der Waals surface area contributed by atoms with Crippen LogP contribution < -0.4 is 0 Å². The second kappa shape index (κ2) is 11.2. The Morgan fingerprint density at radius 2 is 1.46 bits per heavy atom. The minimum absolute atomic E-state index is 0.0828. The van der Waals surface area contributed by atoms with E-state index in [0.29, 0.717) is 6.42 Å². The molecule has 0 atom stereocenters. The summed E-state index contributed by atoms with van der Waals surface area (Å²) < 4.78 is 110. The summed E-state index contributed by atoms with van der Waals surface area (Å²) in [5.74, 6) is -20.7. The minimum atomic E-state index is -6.44. The van der Waals surface area contributed by atoms with Gasteiger partial charge in [0.25, 0.3) is 0 Å². The van der Waals surface area contributed by atoms with E-state index >= 15 is 0 Å². The van der Waals surface area contributed by atoms with E-state index in [2.05, 4.69) is 4.74 Å². The summed E-state index contributed by atoms with van der Waals surface area (Å²) in [7, 11) is 0. The molecule has 164 valence electrons. The summed E-state index contributed by atoms with van der Waals surface area (Å²) >= 11 is 0. The second-order valence-electron chi connectivity index (χ2n) is 5.61. The van der Waals surface area contributed by atoms with E-state index in [9.17, 15) is 44.7 Å². The molecule has 0 spiro atoms. The maximum Gasteiger partial charge on any atom is 0.381 e. The van der Waals surface area contributed by atoms with Crippen molar-refractivity contribution in [1.82, 2.24) is 0 Å². The molecule has 0 saturated heterocycles. The molecule has 0 rings (SSSR count). The molecule has 0 heterocycles. The maximum atomic E-state index is 13.2. The van der Waals surface area contributed by atoms with Gasteiger partial charge >= 0.3 is 36.1 Å². The van der Waals surface area contributed by atoms with E-state index in [0.717, 1.165) is 6.42 Å². The van der Waals surface area contributed by atoms with Crippen molar-refractivity contribution in [3.05, 3.63) is 12.2 Å². The molecular formula is C16H20F8O4. The number of hydrogen-bond donors (Lipinski definition) is 0. The van der Waals surface area contributed by atoms with Crippen LogP contribution in [0.5, 0.6) is 0 Å². The van der Waals surface area contributed by atoms with Gasteiger partial charge in [-0.1, -0.05) is 19.1 Å². The lowest BCUT2D eigenvalue weighted by molar-refractivity contribution is -0.344. The number of alkyl halides is 8. The van der Waals surface area contributed by atoms with Gasteiger partial charge in [-0.3, -0.25) is 9.59 Å². The lowest BCUT2D eigenvalue weighted by Crippen LogP contribution is -2.59. The van der Waals surface area contributed by atoms with Crippen molar-refractivity contribution in [1.29, 1.82) is 0 Å². The summed E-state index contributed by atoms with van der Waals surface area (Å²) in [6.45, 7) is -0.530. The van der Waals surface area contributed by atoms with E-state index in [-0.39, 0.29) is 19.4 Å². The van der Waals surface area contributed by atoms with Gasteiger partial charge in [0.2, 0.25) is 0 Å². The first-order chi connectivity index (χ1) is 12.8. The molecule has 0 saturated carbocycles. The van der Waals surface area contributed by atoms with Gasteiger partial charge in [-0.25, -0.2) is 8.78 Å². The Bertz CT molecular complexity index is 535. The van der Waals surface area contributed by atoms with Gasteiger partial charge in [-0.2, -0.15) is 26.3 Å². The summed E-state index contributed by atoms with van der Waals surface area (Å²) in [6, 6.07) is 0. The molecule has 0 aliphatic heterocycles. The van der Waals surface area contributed by atoms with Crippen molar-refractivity contribution in [3.63, 3.8) is 0 Å². The van der Waals surface area contributed by atoms with Gasteiger partial charge in [0, 0.05) is 12.8 Å². The summed E-state index contributed by atoms with van der Waals surface area (Å²) in [6.07, 6.45) is -1.36. The summed E-state index contributed by atoms with van der Waals surface area (Å²) in [4.78, 5) is 22.5. The Morgan fingerprint density at radius 1 is 0.929 bits per heavy atom. The SMILES string of the molecule is CC/C=C\CCOC(=O)CCCC(=O)OCC(F)(F)C(F)(F)C(F)(F)C(F)F. The first kappa shape index (κ1) is 26.1. The van der Waals surface area contributed by atoms with Crippen molar-refractivity contribution in [2.24, 2.45) is 0 Å². The van der Waals surface area contributed by atoms with E-state index < -0.39 is 49.2 Å². The number of esters is 2. The van der Waals surface area contributed by atoms with Crippen LogP contribution in [0.4, 0.5) is 35.1 Å². The number of carbonyl (C=O) groups excluding carboxylic acids is 2. The van der Waals surface area contributed by atoms with Gasteiger partial charge in [-0.05, 0) is 19.3 Å². The quantitative estimate of drug-likeness (QED) is 0.184. The van der Waals surface area contributed by atoms with Crippen molar-refractivity contribution >= 4 is 11.9 Å². The lowest BCUT2D eigenvalue weighted by atomic mass is 10.1. The van der Waals surface area contributed by atoms with Gasteiger partial charge in [0.05, 0.1) is 6.61 Å². The number of ether oxygens (including phenoxy) is 2. The molecule has 28 heavy (non-hydrogen) atoms. The van der Waals surface area contributed by atoms with Crippen LogP contribution in [-0.2, 0) is 19.1 Å². The molecule has 0 N–H and O–H groups in total. The van der Waals surface area contributed by atoms with Crippen LogP contribution in [0.15, 0.2) is 12.2 Å². The van der Waals surface area contributed by atoms with Crippen molar-refractivity contribution in [2.75, 3.05) is 13.2 Å². The number of carbonyl (C=O) groups is 2. The third-order valence-electron chi connectivity index (χ3n) is 3.28. The van der Waals surface area contributed by atoms with Crippen LogP contribution in [0.2, 0.25) is 0 Å². The monoisotopic (exact) mass is 428 g/mol. The largest absolute Gasteiger partial charge is 0.465 e. The summed E-state index contributed by atoms with van der Waals surface area (Å²) in [5.41, 5.74) is 0. The smallest absolute Gasteiger partial charge is 0.381 e. The Labute approximate surface area is 155 Å². The van der Waals surface area contributed by atoms with Crippen LogP contribution >= 0.6 is 0 Å². The van der Waals surface area contributed by atoms with Gasteiger partial charge in [-0.15, -0.1) is 0 Å². The average molecular weight is 428 g/mol. The highest BCUT2D eigenvalue weighted by Gasteiger charge is 2.75. The zero-order valence-electron chi connectivity index (χ0n) is 14.8. The predicted molar refractivity (Wildman–Crippen MR) is 80.7 cm³/mol. The highest BCUT2D eigenvalue weighted by Crippen LogP contribution is 2.48. The molecule has 0 amide bonds. The molecule has 0 aromatic heterocycles. The van der Waals surface area contributed by atoms with Crippen molar-refractivity contribution < 1.29 is 54.2 Å². The molecule has 4 nitrogen and oxygen atoms in total. The Kier molecular flexibility index (Phi) is 10.4. The lowest BCUT2D eigenvalue weighted by Gasteiger charge is -2.31. The van der Waals surface area contributed by atoms with Crippen LogP contribution in [-0.4, -0.2) is 49.3 Å². The molecule has 0 aromatic rings. The molecule has 0 unspecified atom stereocenters. The van der Waals surface area contributed by atoms with E-state index in [1.807, 2.05) is 13.0 Å². The third kappa shape index (κ3) is 7.63. The standard InChI is InChI=1S/C16H20F8O4/c1-2-3-4-5-9-27-11(25)7-6-8-12(26)28-10-14(19,20)16(23,24)15(21,22)13(17)18/h3-4,13H,2,5-10H2,1H3/b4-3-. The fourth-order valence-corrected chi connectivity index (χ4v) is 1.69. The second-order valence-corrected chi connectivity index (χ2v) is 5.61. The van der Waals surface area contributed by atoms with Gasteiger partial charge in [0.15, 0.2) is 6.61 Å². The molecule has 0 aromatic carbocycles. The topological polar surface area (TPSA) is 52.6 Å². The van der Waals surface area contributed by atoms with Gasteiger partial charge < -0.3 is 9.47 Å². The maximum absolute atomic E-state index is 13.2. The van der Waals surface area contributed by atoms with Crippen LogP contribution in [0, 0.1) is 0 Å². The predicted octanol–water partition coefficient (Wildman–Crippen LogP) is 4.77. The highest BCUT2D eigenvalue weighted by atomic mass is 19.4. The molecule has 12 heteroatoms. The summed E-state index contributed by atoms with van der Waals surface area (Å²) in [5, 5.41) is 0. The first-order valence-electron chi connectivity index (χ1n) is 8.17. The molecule has 0 bridgehead atoms. The Hall–Kier alpha value is -1.88. The van der Waals surface area contributed by atoms with Crippen molar-refractivity contribution in [3.8, 4) is 0 Å². The van der Waals surface area contributed by atoms with Gasteiger partial charge in [0.1, 0.15) is 0 Å². The fraction of sp³-hybridized carbons (Fsp3) is 0.750. The average Bonchev–Trinajstić information content (AvgIpc) is 2.59. The van der Waals surface area contributed by atoms with Crippen LogP contribution in [0.25, 0.3) is 0 Å². The first-order valence-corrected chi connectivity index (χ1v) is 8.17. The number of halogens is 8. The zero-order valence-corrected chi connectivity index (χ0v) is 14.8. The number of allylic oxidation sites excluding steroid dienone is 1. The Morgan fingerprint density at radius 3 is 1.96 bits per heavy atom. The van der Waals surface area contributed by atoms with E-state index in [4.69, 9.17) is 4.74 Å². The Balaban J connectivity index is 4.33. The third-order valence-corrected chi connectivity index (χ3v) is 3.28. The van der Waals surface area contributed by atoms with Crippen LogP contribution in [0.3, 0.4) is 0 Å². The fourth-order valence-electron chi connectivity index (χ4n) is 1.69.